The Morgan fingerprint density at radius 1 is 1.00 bits per heavy atom. The van der Waals surface area contributed by atoms with E-state index < -0.39 is 23.2 Å². The lowest BCUT2D eigenvalue weighted by molar-refractivity contribution is -0.894. The second kappa shape index (κ2) is 12.5. The Morgan fingerprint density at radius 2 is 1.55 bits per heavy atom. The van der Waals surface area contributed by atoms with Crippen LogP contribution in [0.2, 0.25) is 0 Å². The van der Waals surface area contributed by atoms with Gasteiger partial charge in [0.1, 0.15) is 5.75 Å². The van der Waals surface area contributed by atoms with Gasteiger partial charge in [0.2, 0.25) is 0 Å². The Balaban J connectivity index is 0.000000592. The number of ketones is 1. The van der Waals surface area contributed by atoms with Crippen LogP contribution in [0.5, 0.6) is 11.6 Å². The van der Waals surface area contributed by atoms with Crippen LogP contribution < -0.4 is 20.3 Å². The maximum absolute atomic E-state index is 12.6. The molecular formula is C23H32N2O6. The van der Waals surface area contributed by atoms with E-state index in [0.717, 1.165) is 10.6 Å². The molecule has 0 fully saturated rings. The van der Waals surface area contributed by atoms with Crippen molar-refractivity contribution in [3.63, 3.8) is 0 Å². The first kappa shape index (κ1) is 25.9. The smallest absolute Gasteiger partial charge is 0.339 e. The van der Waals surface area contributed by atoms with Crippen molar-refractivity contribution in [1.82, 2.24) is 4.57 Å². The third-order valence-electron chi connectivity index (χ3n) is 4.86. The van der Waals surface area contributed by atoms with Crippen molar-refractivity contribution in [3.8, 4) is 17.3 Å². The Morgan fingerprint density at radius 3 is 1.94 bits per heavy atom. The molecule has 0 bridgehead atoms. The number of esters is 1. The van der Waals surface area contributed by atoms with Gasteiger partial charge in [-0.2, -0.15) is 0 Å². The molecule has 0 aliphatic rings. The van der Waals surface area contributed by atoms with Crippen molar-refractivity contribution in [1.29, 1.82) is 0 Å². The number of rotatable bonds is 8. The first-order valence-electron chi connectivity index (χ1n) is 10.4. The van der Waals surface area contributed by atoms with Crippen molar-refractivity contribution in [2.45, 2.75) is 34.6 Å². The number of methoxy groups -OCH3 is 1. The quantitative estimate of drug-likeness (QED) is 0.497. The number of nitrogens with one attached hydrogen (secondary N) is 1. The molecule has 2 rings (SSSR count). The highest BCUT2D eigenvalue weighted by molar-refractivity contribution is 5.98. The summed E-state index contributed by atoms with van der Waals surface area (Å²) in [6.45, 7) is 13.3. The summed E-state index contributed by atoms with van der Waals surface area (Å²) in [4.78, 5) is 37.8. The molecule has 2 aromatic rings. The number of carbonyl (C=O) groups is 2. The number of nitrogens with zero attached hydrogens (tertiary/aromatic N) is 1. The van der Waals surface area contributed by atoms with E-state index in [4.69, 9.17) is 9.47 Å². The lowest BCUT2D eigenvalue weighted by Crippen LogP contribution is -3.11. The average molecular weight is 433 g/mol. The van der Waals surface area contributed by atoms with Crippen molar-refractivity contribution in [2.75, 3.05) is 33.4 Å². The molecule has 0 aliphatic heterocycles. The molecule has 1 N–H and O–H groups in total. The van der Waals surface area contributed by atoms with Crippen molar-refractivity contribution in [2.24, 2.45) is 0 Å². The monoisotopic (exact) mass is 432 g/mol. The molecule has 1 aromatic heterocycles. The zero-order valence-corrected chi connectivity index (χ0v) is 19.1. The highest BCUT2D eigenvalue weighted by Gasteiger charge is 2.18. The Bertz CT molecular complexity index is 925. The topological polar surface area (TPSA) is 102 Å². The van der Waals surface area contributed by atoms with Crippen LogP contribution in [0.15, 0.2) is 35.1 Å². The molecule has 0 saturated heterocycles. The van der Waals surface area contributed by atoms with Gasteiger partial charge in [0.05, 0.1) is 44.5 Å². The third-order valence-corrected chi connectivity index (χ3v) is 4.86. The number of Topliss-reactive ketones (excluding diaryl/α,β-unsaturated/α-hetero) is 1. The summed E-state index contributed by atoms with van der Waals surface area (Å²) >= 11 is 0. The van der Waals surface area contributed by atoms with Crippen molar-refractivity contribution >= 4 is 11.8 Å². The van der Waals surface area contributed by atoms with E-state index in [1.807, 2.05) is 0 Å². The molecule has 1 aromatic carbocycles. The maximum Gasteiger partial charge on any atom is 0.339 e. The third kappa shape index (κ3) is 6.68. The van der Waals surface area contributed by atoms with Crippen LogP contribution in [0.3, 0.4) is 0 Å². The van der Waals surface area contributed by atoms with Gasteiger partial charge in [-0.3, -0.25) is 14.2 Å². The second-order valence-corrected chi connectivity index (χ2v) is 6.70. The van der Waals surface area contributed by atoms with E-state index in [1.165, 1.54) is 45.8 Å². The number of quaternary nitrogens is 1. The van der Waals surface area contributed by atoms with E-state index in [0.29, 0.717) is 5.75 Å². The van der Waals surface area contributed by atoms with Crippen molar-refractivity contribution in [3.05, 3.63) is 51.8 Å². The van der Waals surface area contributed by atoms with Gasteiger partial charge in [-0.05, 0) is 70.8 Å². The molecule has 8 heteroatoms. The molecule has 0 atom stereocenters. The molecule has 31 heavy (non-hydrogen) atoms. The molecule has 0 amide bonds. The van der Waals surface area contributed by atoms with Crippen LogP contribution in [0.25, 0.3) is 5.69 Å². The summed E-state index contributed by atoms with van der Waals surface area (Å²) in [5, 5.41) is 12.6. The van der Waals surface area contributed by atoms with Crippen molar-refractivity contribution < 1.29 is 29.1 Å². The fourth-order valence-electron chi connectivity index (χ4n) is 2.92. The summed E-state index contributed by atoms with van der Waals surface area (Å²) < 4.78 is 10.6. The summed E-state index contributed by atoms with van der Waals surface area (Å²) in [6, 6.07) is 7.09. The van der Waals surface area contributed by atoms with Gasteiger partial charge in [-0.15, -0.1) is 0 Å². The van der Waals surface area contributed by atoms with Gasteiger partial charge >= 0.3 is 5.97 Å². The van der Waals surface area contributed by atoms with Crippen LogP contribution in [-0.4, -0.2) is 49.7 Å². The molecule has 8 nitrogen and oxygen atoms in total. The molecule has 170 valence electrons. The summed E-state index contributed by atoms with van der Waals surface area (Å²) in [5.74, 6) is -1.73. The largest absolute Gasteiger partial charge is 0.859 e. The first-order valence-corrected chi connectivity index (χ1v) is 10.4. The number of hydrogen-bond donors (Lipinski definition) is 1. The molecule has 1 heterocycles. The predicted octanol–water partition coefficient (Wildman–Crippen LogP) is 1.23. The van der Waals surface area contributed by atoms with Crippen LogP contribution in [0.1, 0.15) is 55.3 Å². The predicted molar refractivity (Wildman–Crippen MR) is 117 cm³/mol. The molecule has 0 spiro atoms. The Labute approximate surface area is 183 Å². The molecule has 0 unspecified atom stereocenters. The van der Waals surface area contributed by atoms with Gasteiger partial charge in [-0.25, -0.2) is 4.79 Å². The standard InChI is InChI=1S/C17H17NO6.C6H15N/c1-4-24-17(22)14-9-13(10(2)19)15(20)18(16(14)21)11-5-7-12(23-3)8-6-11;1-4-7(5-2)6-3/h5-9,21H,4H2,1-3H3;4-6H2,1-3H3. The number of carbonyl (C=O) groups excluding carboxylic acids is 2. The molecule has 0 aliphatic carbocycles. The molecular weight excluding hydrogens is 400 g/mol. The minimum Gasteiger partial charge on any atom is -0.859 e. The summed E-state index contributed by atoms with van der Waals surface area (Å²) in [5.41, 5.74) is -1.18. The number of pyridine rings is 1. The Hall–Kier alpha value is -3.13. The minimum absolute atomic E-state index is 0.0648. The molecule has 0 saturated carbocycles. The van der Waals surface area contributed by atoms with Crippen LogP contribution in [-0.2, 0) is 4.74 Å². The van der Waals surface area contributed by atoms with Gasteiger partial charge in [0, 0.05) is 5.69 Å². The lowest BCUT2D eigenvalue weighted by atomic mass is 10.1. The number of hydrogen-bond acceptors (Lipinski definition) is 6. The lowest BCUT2D eigenvalue weighted by Gasteiger charge is -2.21. The minimum atomic E-state index is -0.882. The highest BCUT2D eigenvalue weighted by atomic mass is 16.5. The normalized spacial score (nSPS) is 10.3. The number of benzene rings is 1. The fourth-order valence-corrected chi connectivity index (χ4v) is 2.92. The van der Waals surface area contributed by atoms with Gasteiger partial charge < -0.3 is 19.5 Å². The van der Waals surface area contributed by atoms with E-state index in [1.54, 1.807) is 24.0 Å². The SMILES string of the molecule is CCOC(=O)c1cc(C(C)=O)c(=O)n(-c2ccc(OC)cc2)c1[O-].CC[NH+](CC)CC. The van der Waals surface area contributed by atoms with E-state index >= 15 is 0 Å². The number of aromatic nitrogens is 1. The van der Waals surface area contributed by atoms with E-state index in [2.05, 4.69) is 20.8 Å². The second-order valence-electron chi connectivity index (χ2n) is 6.70. The zero-order valence-electron chi connectivity index (χ0n) is 19.1. The van der Waals surface area contributed by atoms with Gasteiger partial charge in [0.15, 0.2) is 5.78 Å². The number of ether oxygens (including phenoxy) is 2. The zero-order chi connectivity index (χ0) is 23.6. The van der Waals surface area contributed by atoms with Crippen LogP contribution in [0.4, 0.5) is 0 Å². The maximum atomic E-state index is 12.6. The van der Waals surface area contributed by atoms with Crippen LogP contribution >= 0.6 is 0 Å². The van der Waals surface area contributed by atoms with Gasteiger partial charge in [-0.1, -0.05) is 0 Å². The summed E-state index contributed by atoms with van der Waals surface area (Å²) in [7, 11) is 1.48. The fraction of sp³-hybridized carbons (Fsp3) is 0.435. The van der Waals surface area contributed by atoms with Crippen LogP contribution in [0, 0.1) is 0 Å². The highest BCUT2D eigenvalue weighted by Crippen LogP contribution is 2.21. The van der Waals surface area contributed by atoms with E-state index in [9.17, 15) is 19.5 Å². The summed E-state index contributed by atoms with van der Waals surface area (Å²) in [6.07, 6.45) is 0. The molecule has 0 radical (unpaired) electrons. The first-order chi connectivity index (χ1) is 14.7. The average Bonchev–Trinajstić information content (AvgIpc) is 2.76. The Kier molecular flexibility index (Phi) is 10.5. The van der Waals surface area contributed by atoms with Gasteiger partial charge in [0.25, 0.3) is 5.56 Å². The van der Waals surface area contributed by atoms with E-state index in [-0.39, 0.29) is 23.4 Å².